The van der Waals surface area contributed by atoms with Crippen molar-refractivity contribution in [2.24, 2.45) is 0 Å². The number of carbonyl (C=O) groups excluding carboxylic acids is 1. The van der Waals surface area contributed by atoms with E-state index in [2.05, 4.69) is 11.2 Å². The largest absolute Gasteiger partial charge is 0.480 e. The molecule has 0 aromatic carbocycles. The van der Waals surface area contributed by atoms with E-state index in [-0.39, 0.29) is 13.0 Å². The van der Waals surface area contributed by atoms with E-state index in [1.165, 1.54) is 0 Å². The third kappa shape index (κ3) is 2.87. The number of aliphatic hydroxyl groups is 1. The van der Waals surface area contributed by atoms with Crippen LogP contribution in [0.15, 0.2) is 0 Å². The summed E-state index contributed by atoms with van der Waals surface area (Å²) in [6.45, 7) is 0.340. The molecule has 1 heterocycles. The van der Waals surface area contributed by atoms with Crippen LogP contribution in [0.1, 0.15) is 12.8 Å². The van der Waals surface area contributed by atoms with Gasteiger partial charge in [-0.25, -0.2) is 9.59 Å². The molecule has 1 aliphatic heterocycles. The van der Waals surface area contributed by atoms with Crippen LogP contribution in [-0.2, 0) is 4.79 Å². The van der Waals surface area contributed by atoms with E-state index in [1.807, 2.05) is 0 Å². The van der Waals surface area contributed by atoms with Crippen molar-refractivity contribution < 1.29 is 19.8 Å². The second-order valence-electron chi connectivity index (χ2n) is 3.58. The number of aliphatic hydroxyl groups excluding tert-OH is 1. The zero-order valence-corrected chi connectivity index (χ0v) is 8.72. The molecule has 2 atom stereocenters. The molecule has 0 aromatic heterocycles. The monoisotopic (exact) mass is 226 g/mol. The number of rotatable bonds is 3. The summed E-state index contributed by atoms with van der Waals surface area (Å²) in [6, 6.07) is -1.46. The molecule has 1 fully saturated rings. The minimum atomic E-state index is -1.11. The molecule has 1 saturated heterocycles. The number of aliphatic carboxylic acids is 1. The molecular weight excluding hydrogens is 212 g/mol. The zero-order chi connectivity index (χ0) is 12.1. The average Bonchev–Trinajstić information content (AvgIpc) is 2.61. The minimum absolute atomic E-state index is 0.0405. The maximum atomic E-state index is 11.6. The fourth-order valence-corrected chi connectivity index (χ4v) is 1.62. The number of hydrogen-bond acceptors (Lipinski definition) is 3. The predicted octanol–water partition coefficient (Wildman–Crippen LogP) is -0.761. The van der Waals surface area contributed by atoms with E-state index < -0.39 is 24.1 Å². The minimum Gasteiger partial charge on any atom is -0.480 e. The van der Waals surface area contributed by atoms with Crippen molar-refractivity contribution in [3.05, 3.63) is 0 Å². The van der Waals surface area contributed by atoms with Crippen LogP contribution >= 0.6 is 0 Å². The van der Waals surface area contributed by atoms with Crippen LogP contribution < -0.4 is 5.32 Å². The van der Waals surface area contributed by atoms with E-state index in [0.29, 0.717) is 13.0 Å². The fourth-order valence-electron chi connectivity index (χ4n) is 1.62. The van der Waals surface area contributed by atoms with Crippen LogP contribution in [0.25, 0.3) is 0 Å². The van der Waals surface area contributed by atoms with Gasteiger partial charge in [-0.15, -0.1) is 12.3 Å². The van der Waals surface area contributed by atoms with Gasteiger partial charge in [-0.05, 0) is 0 Å². The van der Waals surface area contributed by atoms with Crippen LogP contribution in [-0.4, -0.2) is 52.3 Å². The summed E-state index contributed by atoms with van der Waals surface area (Å²) in [5.74, 6) is 1.25. The number of likely N-dealkylation sites (tertiary alicyclic amines) is 1. The Morgan fingerprint density at radius 3 is 2.81 bits per heavy atom. The second-order valence-corrected chi connectivity index (χ2v) is 3.58. The lowest BCUT2D eigenvalue weighted by molar-refractivity contribution is -0.141. The van der Waals surface area contributed by atoms with Gasteiger partial charge in [0, 0.05) is 25.9 Å². The van der Waals surface area contributed by atoms with Gasteiger partial charge in [-0.2, -0.15) is 0 Å². The Morgan fingerprint density at radius 1 is 1.56 bits per heavy atom. The average molecular weight is 226 g/mol. The summed E-state index contributed by atoms with van der Waals surface area (Å²) in [7, 11) is 0. The van der Waals surface area contributed by atoms with Crippen LogP contribution in [0, 0.1) is 12.3 Å². The van der Waals surface area contributed by atoms with Crippen molar-refractivity contribution >= 4 is 12.0 Å². The van der Waals surface area contributed by atoms with E-state index in [9.17, 15) is 14.7 Å². The number of urea groups is 1. The van der Waals surface area contributed by atoms with Gasteiger partial charge in [0.2, 0.25) is 0 Å². The first-order valence-electron chi connectivity index (χ1n) is 4.95. The molecule has 3 N–H and O–H groups in total. The topological polar surface area (TPSA) is 89.9 Å². The first kappa shape index (κ1) is 12.3. The Hall–Kier alpha value is -1.74. The van der Waals surface area contributed by atoms with Crippen molar-refractivity contribution in [3.8, 4) is 12.3 Å². The fraction of sp³-hybridized carbons (Fsp3) is 0.600. The number of nitrogens with one attached hydrogen (secondary N) is 1. The van der Waals surface area contributed by atoms with Gasteiger partial charge >= 0.3 is 12.0 Å². The Balaban J connectivity index is 2.54. The van der Waals surface area contributed by atoms with Gasteiger partial charge in [0.25, 0.3) is 0 Å². The van der Waals surface area contributed by atoms with Crippen molar-refractivity contribution in [2.45, 2.75) is 25.0 Å². The molecule has 88 valence electrons. The summed E-state index contributed by atoms with van der Waals surface area (Å²) >= 11 is 0. The second kappa shape index (κ2) is 5.37. The normalized spacial score (nSPS) is 23.9. The molecule has 6 nitrogen and oxygen atoms in total. The lowest BCUT2D eigenvalue weighted by Gasteiger charge is -2.21. The van der Waals surface area contributed by atoms with Crippen LogP contribution in [0.2, 0.25) is 0 Å². The summed E-state index contributed by atoms with van der Waals surface area (Å²) in [6.07, 6.45) is 4.69. The van der Waals surface area contributed by atoms with Crippen molar-refractivity contribution in [1.29, 1.82) is 0 Å². The third-order valence-electron chi connectivity index (χ3n) is 2.37. The number of amides is 2. The van der Waals surface area contributed by atoms with Gasteiger partial charge in [0.05, 0.1) is 6.10 Å². The van der Waals surface area contributed by atoms with Crippen molar-refractivity contribution in [3.63, 3.8) is 0 Å². The molecule has 16 heavy (non-hydrogen) atoms. The van der Waals surface area contributed by atoms with Gasteiger partial charge in [0.1, 0.15) is 6.04 Å². The highest BCUT2D eigenvalue weighted by Crippen LogP contribution is 2.17. The molecule has 0 radical (unpaired) electrons. The molecule has 0 unspecified atom stereocenters. The number of nitrogens with zero attached hydrogens (tertiary/aromatic N) is 1. The molecule has 0 spiro atoms. The van der Waals surface area contributed by atoms with E-state index in [0.717, 1.165) is 4.90 Å². The summed E-state index contributed by atoms with van der Waals surface area (Å²) in [5, 5.41) is 20.7. The zero-order valence-electron chi connectivity index (χ0n) is 8.72. The van der Waals surface area contributed by atoms with Gasteiger partial charge in [0.15, 0.2) is 0 Å². The summed E-state index contributed by atoms with van der Waals surface area (Å²) in [4.78, 5) is 23.5. The van der Waals surface area contributed by atoms with Crippen molar-refractivity contribution in [2.75, 3.05) is 13.1 Å². The lowest BCUT2D eigenvalue weighted by Crippen LogP contribution is -2.46. The molecule has 1 rings (SSSR count). The molecule has 6 heteroatoms. The first-order chi connectivity index (χ1) is 7.56. The highest BCUT2D eigenvalue weighted by molar-refractivity contribution is 5.83. The SMILES string of the molecule is C#CCCNC(=O)N1C[C@H](O)C[C@@H]1C(=O)O. The van der Waals surface area contributed by atoms with Gasteiger partial charge in [-0.1, -0.05) is 0 Å². The summed E-state index contributed by atoms with van der Waals surface area (Å²) < 4.78 is 0. The molecular formula is C10H14N2O4. The molecule has 0 aliphatic carbocycles. The lowest BCUT2D eigenvalue weighted by atomic mass is 10.2. The quantitative estimate of drug-likeness (QED) is 0.436. The van der Waals surface area contributed by atoms with Crippen LogP contribution in [0.4, 0.5) is 4.79 Å². The van der Waals surface area contributed by atoms with Crippen LogP contribution in [0.5, 0.6) is 0 Å². The predicted molar refractivity (Wildman–Crippen MR) is 55.6 cm³/mol. The number of carbonyl (C=O) groups is 2. The summed E-state index contributed by atoms with van der Waals surface area (Å²) in [5.41, 5.74) is 0. The molecule has 0 bridgehead atoms. The number of hydrogen-bond donors (Lipinski definition) is 3. The molecule has 1 aliphatic rings. The molecule has 0 aromatic rings. The Morgan fingerprint density at radius 2 is 2.25 bits per heavy atom. The number of β-amino-alcohol motifs (C(OH)–C–C–N with tert-alkyl or cyclic N) is 1. The Bertz CT molecular complexity index is 323. The highest BCUT2D eigenvalue weighted by Gasteiger charge is 2.38. The van der Waals surface area contributed by atoms with E-state index in [4.69, 9.17) is 11.5 Å². The van der Waals surface area contributed by atoms with E-state index in [1.54, 1.807) is 0 Å². The first-order valence-corrected chi connectivity index (χ1v) is 4.95. The number of carboxylic acid groups (broad SMARTS) is 1. The van der Waals surface area contributed by atoms with Gasteiger partial charge < -0.3 is 20.4 Å². The van der Waals surface area contributed by atoms with Crippen molar-refractivity contribution in [1.82, 2.24) is 10.2 Å². The molecule has 2 amide bonds. The Labute approximate surface area is 93.2 Å². The Kier molecular flexibility index (Phi) is 4.14. The third-order valence-corrected chi connectivity index (χ3v) is 2.37. The smallest absolute Gasteiger partial charge is 0.326 e. The molecule has 0 saturated carbocycles. The van der Waals surface area contributed by atoms with E-state index >= 15 is 0 Å². The van der Waals surface area contributed by atoms with Gasteiger partial charge in [-0.3, -0.25) is 0 Å². The highest BCUT2D eigenvalue weighted by atomic mass is 16.4. The number of terminal acetylenes is 1. The maximum absolute atomic E-state index is 11.6. The number of carboxylic acids is 1. The standard InChI is InChI=1S/C10H14N2O4/c1-2-3-4-11-10(16)12-6-7(13)5-8(12)9(14)15/h1,7-8,13H,3-6H2,(H,11,16)(H,14,15)/t7-,8-/m1/s1. The van der Waals surface area contributed by atoms with Crippen LogP contribution in [0.3, 0.4) is 0 Å². The maximum Gasteiger partial charge on any atom is 0.326 e.